The first-order chi connectivity index (χ1) is 9.05. The van der Waals surface area contributed by atoms with Crippen LogP contribution in [0.4, 0.5) is 0 Å². The van der Waals surface area contributed by atoms with Crippen molar-refractivity contribution in [2.45, 2.75) is 50.7 Å². The van der Waals surface area contributed by atoms with Crippen LogP contribution in [0.5, 0.6) is 0 Å². The highest BCUT2D eigenvalue weighted by molar-refractivity contribution is 7.99. The van der Waals surface area contributed by atoms with Crippen molar-refractivity contribution in [3.8, 4) is 6.07 Å². The van der Waals surface area contributed by atoms with E-state index >= 15 is 0 Å². The topological polar surface area (TPSA) is 61.6 Å². The molecule has 1 aromatic heterocycles. The van der Waals surface area contributed by atoms with Crippen LogP contribution in [0.1, 0.15) is 37.6 Å². The van der Waals surface area contributed by atoms with E-state index in [1.165, 1.54) is 0 Å². The fraction of sp³-hybridized carbons (Fsp3) is 0.643. The van der Waals surface area contributed by atoms with Crippen LogP contribution in [0.25, 0.3) is 0 Å². The number of hydrogen-bond donors (Lipinski definition) is 1. The molecule has 1 unspecified atom stereocenters. The van der Waals surface area contributed by atoms with Gasteiger partial charge < -0.3 is 5.32 Å². The zero-order chi connectivity index (χ0) is 14.3. The lowest BCUT2D eigenvalue weighted by atomic mass is 9.93. The Balaban J connectivity index is 2.45. The van der Waals surface area contributed by atoms with E-state index in [9.17, 15) is 5.26 Å². The Morgan fingerprint density at radius 2 is 2.00 bits per heavy atom. The summed E-state index contributed by atoms with van der Waals surface area (Å²) >= 11 is 1.66. The van der Waals surface area contributed by atoms with Gasteiger partial charge in [0, 0.05) is 17.1 Å². The Morgan fingerprint density at radius 3 is 2.47 bits per heavy atom. The van der Waals surface area contributed by atoms with Crippen LogP contribution in [0.3, 0.4) is 0 Å². The van der Waals surface area contributed by atoms with Crippen molar-refractivity contribution in [3.05, 3.63) is 17.5 Å². The molecular weight excluding hydrogens is 256 g/mol. The van der Waals surface area contributed by atoms with Gasteiger partial charge in [-0.3, -0.25) is 0 Å². The Hall–Kier alpha value is -1.12. The number of aryl methyl sites for hydroxylation is 2. The van der Waals surface area contributed by atoms with Gasteiger partial charge in [-0.15, -0.1) is 0 Å². The summed E-state index contributed by atoms with van der Waals surface area (Å²) in [6.45, 7) is 6.01. The lowest BCUT2D eigenvalue weighted by Crippen LogP contribution is -2.40. The number of rotatable bonds is 7. The monoisotopic (exact) mass is 278 g/mol. The number of hydrogen-bond acceptors (Lipinski definition) is 5. The smallest absolute Gasteiger partial charge is 0.187 e. The molecule has 0 spiro atoms. The van der Waals surface area contributed by atoms with E-state index in [1.807, 2.05) is 33.9 Å². The fourth-order valence-corrected chi connectivity index (χ4v) is 2.85. The maximum atomic E-state index is 9.22. The minimum Gasteiger partial charge on any atom is -0.302 e. The number of nitrogens with zero attached hydrogens (tertiary/aromatic N) is 3. The molecule has 0 aromatic carbocycles. The van der Waals surface area contributed by atoms with E-state index < -0.39 is 0 Å². The van der Waals surface area contributed by atoms with Crippen LogP contribution in [0.15, 0.2) is 11.2 Å². The van der Waals surface area contributed by atoms with Gasteiger partial charge in [0.25, 0.3) is 0 Å². The van der Waals surface area contributed by atoms with Gasteiger partial charge in [0.1, 0.15) is 5.54 Å². The molecule has 0 aliphatic carbocycles. The van der Waals surface area contributed by atoms with Gasteiger partial charge in [0.2, 0.25) is 0 Å². The average Bonchev–Trinajstić information content (AvgIpc) is 2.39. The highest BCUT2D eigenvalue weighted by Gasteiger charge is 2.24. The second-order valence-corrected chi connectivity index (χ2v) is 5.74. The molecule has 1 heterocycles. The largest absolute Gasteiger partial charge is 0.302 e. The van der Waals surface area contributed by atoms with Crippen LogP contribution in [-0.4, -0.2) is 28.3 Å². The molecule has 1 N–H and O–H groups in total. The summed E-state index contributed by atoms with van der Waals surface area (Å²) in [6.07, 6.45) is 2.66. The summed E-state index contributed by atoms with van der Waals surface area (Å²) in [5, 5.41) is 13.2. The van der Waals surface area contributed by atoms with Gasteiger partial charge in [-0.1, -0.05) is 18.7 Å². The van der Waals surface area contributed by atoms with Crippen molar-refractivity contribution >= 4 is 11.8 Å². The fourth-order valence-electron chi connectivity index (χ4n) is 1.96. The van der Waals surface area contributed by atoms with Gasteiger partial charge in [0.05, 0.1) is 6.07 Å². The van der Waals surface area contributed by atoms with Gasteiger partial charge in [-0.2, -0.15) is 5.26 Å². The third-order valence-electron chi connectivity index (χ3n) is 3.24. The molecule has 1 aromatic rings. The Morgan fingerprint density at radius 1 is 1.37 bits per heavy atom. The summed E-state index contributed by atoms with van der Waals surface area (Å²) in [6, 6.07) is 4.36. The van der Waals surface area contributed by atoms with Crippen molar-refractivity contribution in [2.75, 3.05) is 12.8 Å². The van der Waals surface area contributed by atoms with E-state index in [1.54, 1.807) is 11.8 Å². The molecule has 104 valence electrons. The first kappa shape index (κ1) is 15.9. The maximum Gasteiger partial charge on any atom is 0.187 e. The first-order valence-corrected chi connectivity index (χ1v) is 7.59. The van der Waals surface area contributed by atoms with E-state index in [-0.39, 0.29) is 5.54 Å². The van der Waals surface area contributed by atoms with Crippen LogP contribution in [0.2, 0.25) is 0 Å². The first-order valence-electron chi connectivity index (χ1n) is 6.60. The van der Waals surface area contributed by atoms with Gasteiger partial charge >= 0.3 is 0 Å². The predicted molar refractivity (Wildman–Crippen MR) is 79.2 cm³/mol. The molecule has 0 bridgehead atoms. The molecule has 0 aliphatic heterocycles. The van der Waals surface area contributed by atoms with Gasteiger partial charge in [-0.05, 0) is 46.2 Å². The zero-order valence-electron chi connectivity index (χ0n) is 12.2. The molecule has 0 saturated heterocycles. The van der Waals surface area contributed by atoms with Crippen molar-refractivity contribution in [1.82, 2.24) is 15.3 Å². The summed E-state index contributed by atoms with van der Waals surface area (Å²) in [4.78, 5) is 8.80. The molecule has 5 heteroatoms. The third-order valence-corrected chi connectivity index (χ3v) is 4.17. The Bertz CT molecular complexity index is 429. The Labute approximate surface area is 120 Å². The maximum absolute atomic E-state index is 9.22. The van der Waals surface area contributed by atoms with E-state index in [2.05, 4.69) is 21.4 Å². The van der Waals surface area contributed by atoms with Crippen molar-refractivity contribution in [3.63, 3.8) is 0 Å². The highest BCUT2D eigenvalue weighted by atomic mass is 32.2. The quantitative estimate of drug-likeness (QED) is 0.472. The third kappa shape index (κ3) is 4.81. The molecule has 19 heavy (non-hydrogen) atoms. The van der Waals surface area contributed by atoms with Crippen molar-refractivity contribution in [1.29, 1.82) is 5.26 Å². The van der Waals surface area contributed by atoms with Gasteiger partial charge in [-0.25, -0.2) is 9.97 Å². The normalized spacial score (nSPS) is 13.8. The molecular formula is C14H22N4S. The molecule has 0 radical (unpaired) electrons. The van der Waals surface area contributed by atoms with Crippen LogP contribution < -0.4 is 5.32 Å². The summed E-state index contributed by atoms with van der Waals surface area (Å²) < 4.78 is 0. The molecule has 4 nitrogen and oxygen atoms in total. The second-order valence-electron chi connectivity index (χ2n) is 4.68. The number of nitriles is 1. The number of thioether (sulfide) groups is 1. The van der Waals surface area contributed by atoms with E-state index in [0.29, 0.717) is 0 Å². The number of aromatic nitrogens is 2. The van der Waals surface area contributed by atoms with Crippen LogP contribution in [0, 0.1) is 25.2 Å². The minimum atomic E-state index is -0.385. The molecule has 0 amide bonds. The zero-order valence-corrected chi connectivity index (χ0v) is 13.0. The van der Waals surface area contributed by atoms with E-state index in [4.69, 9.17) is 0 Å². The average molecular weight is 278 g/mol. The number of nitrogens with one attached hydrogen (secondary N) is 1. The molecule has 1 rings (SSSR count). The van der Waals surface area contributed by atoms with Crippen molar-refractivity contribution < 1.29 is 0 Å². The van der Waals surface area contributed by atoms with E-state index in [0.717, 1.165) is 41.6 Å². The standard InChI is InChI=1S/C14H22N4S/c1-5-14(10-15,16-4)7-6-8-19-13-17-11(2)9-12(3)18-13/h9,16H,5-8H2,1-4H3. The predicted octanol–water partition coefficient (Wildman–Crippen LogP) is 2.86. The second kappa shape index (κ2) is 7.46. The van der Waals surface area contributed by atoms with Crippen LogP contribution >= 0.6 is 11.8 Å². The van der Waals surface area contributed by atoms with Crippen molar-refractivity contribution in [2.24, 2.45) is 0 Å². The molecule has 0 fully saturated rings. The molecule has 1 atom stereocenters. The lowest BCUT2D eigenvalue weighted by Gasteiger charge is -2.24. The van der Waals surface area contributed by atoms with Gasteiger partial charge in [0.15, 0.2) is 5.16 Å². The minimum absolute atomic E-state index is 0.385. The van der Waals surface area contributed by atoms with Crippen LogP contribution in [-0.2, 0) is 0 Å². The lowest BCUT2D eigenvalue weighted by molar-refractivity contribution is 0.400. The SMILES string of the molecule is CCC(C#N)(CCCSc1nc(C)cc(C)n1)NC. The molecule has 0 aliphatic rings. The Kier molecular flexibility index (Phi) is 6.26. The summed E-state index contributed by atoms with van der Waals surface area (Å²) in [5.74, 6) is 0.938. The summed E-state index contributed by atoms with van der Waals surface area (Å²) in [5.41, 5.74) is 1.62. The highest BCUT2D eigenvalue weighted by Crippen LogP contribution is 2.20. The molecule has 0 saturated carbocycles. The summed E-state index contributed by atoms with van der Waals surface area (Å²) in [7, 11) is 1.85.